The molecule has 0 aliphatic carbocycles. The number of aromatic hydroxyl groups is 1. The van der Waals surface area contributed by atoms with Gasteiger partial charge in [-0.25, -0.2) is 4.79 Å². The van der Waals surface area contributed by atoms with Gasteiger partial charge in [0.2, 0.25) is 0 Å². The minimum absolute atomic E-state index is 0.159. The van der Waals surface area contributed by atoms with Gasteiger partial charge in [0.1, 0.15) is 11.5 Å². The fourth-order valence-electron chi connectivity index (χ4n) is 3.32. The van der Waals surface area contributed by atoms with Gasteiger partial charge in [0.25, 0.3) is 0 Å². The van der Waals surface area contributed by atoms with Gasteiger partial charge in [-0.15, -0.1) is 0 Å². The summed E-state index contributed by atoms with van der Waals surface area (Å²) in [6, 6.07) is 9.55. The molecule has 2 N–H and O–H groups in total. The van der Waals surface area contributed by atoms with Gasteiger partial charge in [0.15, 0.2) is 6.61 Å². The molecule has 0 bridgehead atoms. The number of hydrogen-bond acceptors (Lipinski definition) is 3. The number of aryl methyl sites for hydroxylation is 2. The van der Waals surface area contributed by atoms with Crippen molar-refractivity contribution in [1.82, 2.24) is 0 Å². The standard InChI is InChI=1S/C21H26O4/c1-12(2)18-10-16(6-7-19(18)22)15(5)21-13(3)8-17(9-14(21)4)25-11-20(23)24/h6-10,12,15,22H,11H2,1-5H3,(H,23,24). The largest absolute Gasteiger partial charge is 0.508 e. The fourth-order valence-corrected chi connectivity index (χ4v) is 3.32. The molecule has 1 unspecified atom stereocenters. The van der Waals surface area contributed by atoms with Gasteiger partial charge in [-0.3, -0.25) is 0 Å². The van der Waals surface area contributed by atoms with Crippen LogP contribution in [0.5, 0.6) is 11.5 Å². The van der Waals surface area contributed by atoms with Gasteiger partial charge in [-0.05, 0) is 65.8 Å². The van der Waals surface area contributed by atoms with Crippen LogP contribution in [0, 0.1) is 13.8 Å². The maximum absolute atomic E-state index is 10.7. The SMILES string of the molecule is Cc1cc(OCC(=O)O)cc(C)c1C(C)c1ccc(O)c(C(C)C)c1. The molecule has 0 aliphatic rings. The third-order valence-corrected chi connectivity index (χ3v) is 4.54. The lowest BCUT2D eigenvalue weighted by atomic mass is 9.85. The van der Waals surface area contributed by atoms with E-state index in [2.05, 4.69) is 26.8 Å². The Kier molecular flexibility index (Phi) is 5.73. The summed E-state index contributed by atoms with van der Waals surface area (Å²) in [6.07, 6.45) is 0. The van der Waals surface area contributed by atoms with Crippen LogP contribution in [0.2, 0.25) is 0 Å². The number of carbonyl (C=O) groups is 1. The van der Waals surface area contributed by atoms with Gasteiger partial charge >= 0.3 is 5.97 Å². The van der Waals surface area contributed by atoms with E-state index < -0.39 is 5.97 Å². The predicted molar refractivity (Wildman–Crippen MR) is 98.8 cm³/mol. The first kappa shape index (κ1) is 18.8. The number of phenols is 1. The molecule has 2 aromatic rings. The number of hydrogen-bond donors (Lipinski definition) is 2. The van der Waals surface area contributed by atoms with E-state index in [-0.39, 0.29) is 18.4 Å². The van der Waals surface area contributed by atoms with Crippen LogP contribution in [0.1, 0.15) is 60.4 Å². The Morgan fingerprint density at radius 3 is 2.20 bits per heavy atom. The first-order valence-corrected chi connectivity index (χ1v) is 8.49. The first-order chi connectivity index (χ1) is 11.7. The van der Waals surface area contributed by atoms with Crippen molar-refractivity contribution in [3.8, 4) is 11.5 Å². The minimum Gasteiger partial charge on any atom is -0.508 e. The lowest BCUT2D eigenvalue weighted by molar-refractivity contribution is -0.139. The number of ether oxygens (including phenoxy) is 1. The Bertz CT molecular complexity index is 754. The van der Waals surface area contributed by atoms with Crippen LogP contribution in [0.15, 0.2) is 30.3 Å². The summed E-state index contributed by atoms with van der Waals surface area (Å²) in [5.41, 5.74) is 5.41. The van der Waals surface area contributed by atoms with E-state index in [1.165, 1.54) is 5.56 Å². The topological polar surface area (TPSA) is 66.8 Å². The summed E-state index contributed by atoms with van der Waals surface area (Å²) in [7, 11) is 0. The Labute approximate surface area is 149 Å². The summed E-state index contributed by atoms with van der Waals surface area (Å²) in [5.74, 6) is 0.324. The van der Waals surface area contributed by atoms with E-state index in [1.54, 1.807) is 6.07 Å². The first-order valence-electron chi connectivity index (χ1n) is 8.49. The van der Waals surface area contributed by atoms with Crippen molar-refractivity contribution in [2.45, 2.75) is 46.5 Å². The lowest BCUT2D eigenvalue weighted by Crippen LogP contribution is -2.10. The molecule has 0 amide bonds. The maximum atomic E-state index is 10.7. The second-order valence-electron chi connectivity index (χ2n) is 6.85. The molecule has 4 heteroatoms. The smallest absolute Gasteiger partial charge is 0.341 e. The number of phenolic OH excluding ortho intramolecular Hbond substituents is 1. The normalized spacial score (nSPS) is 12.2. The van der Waals surface area contributed by atoms with Crippen molar-refractivity contribution < 1.29 is 19.7 Å². The zero-order valence-corrected chi connectivity index (χ0v) is 15.5. The average Bonchev–Trinajstić information content (AvgIpc) is 2.52. The van der Waals surface area contributed by atoms with Crippen molar-refractivity contribution >= 4 is 5.97 Å². The summed E-state index contributed by atoms with van der Waals surface area (Å²) >= 11 is 0. The molecule has 25 heavy (non-hydrogen) atoms. The summed E-state index contributed by atoms with van der Waals surface area (Å²) < 4.78 is 5.30. The van der Waals surface area contributed by atoms with Crippen molar-refractivity contribution in [2.24, 2.45) is 0 Å². The van der Waals surface area contributed by atoms with Crippen LogP contribution in [0.4, 0.5) is 0 Å². The highest BCUT2D eigenvalue weighted by Gasteiger charge is 2.17. The average molecular weight is 342 g/mol. The lowest BCUT2D eigenvalue weighted by Gasteiger charge is -2.21. The van der Waals surface area contributed by atoms with E-state index in [0.717, 1.165) is 22.3 Å². The van der Waals surface area contributed by atoms with E-state index in [4.69, 9.17) is 9.84 Å². The van der Waals surface area contributed by atoms with Crippen molar-refractivity contribution in [3.63, 3.8) is 0 Å². The van der Waals surface area contributed by atoms with Gasteiger partial charge in [-0.1, -0.05) is 32.9 Å². The molecule has 4 nitrogen and oxygen atoms in total. The Morgan fingerprint density at radius 2 is 1.68 bits per heavy atom. The number of aliphatic carboxylic acids is 1. The van der Waals surface area contributed by atoms with Crippen molar-refractivity contribution in [1.29, 1.82) is 0 Å². The summed E-state index contributed by atoms with van der Waals surface area (Å²) in [6.45, 7) is 9.95. The Balaban J connectivity index is 2.38. The van der Waals surface area contributed by atoms with Crippen LogP contribution < -0.4 is 4.74 Å². The molecule has 0 spiro atoms. The van der Waals surface area contributed by atoms with E-state index in [9.17, 15) is 9.90 Å². The number of benzene rings is 2. The Morgan fingerprint density at radius 1 is 1.08 bits per heavy atom. The quantitative estimate of drug-likeness (QED) is 0.795. The number of carboxylic acid groups (broad SMARTS) is 1. The van der Waals surface area contributed by atoms with Crippen LogP contribution in [-0.4, -0.2) is 22.8 Å². The predicted octanol–water partition coefficient (Wildman–Crippen LogP) is 4.75. The zero-order chi connectivity index (χ0) is 18.7. The number of carboxylic acids is 1. The van der Waals surface area contributed by atoms with E-state index >= 15 is 0 Å². The highest BCUT2D eigenvalue weighted by Crippen LogP contribution is 2.35. The number of rotatable bonds is 6. The third-order valence-electron chi connectivity index (χ3n) is 4.54. The molecular weight excluding hydrogens is 316 g/mol. The van der Waals surface area contributed by atoms with Crippen LogP contribution in [-0.2, 0) is 4.79 Å². The van der Waals surface area contributed by atoms with E-state index in [0.29, 0.717) is 11.5 Å². The summed E-state index contributed by atoms with van der Waals surface area (Å²) in [5, 5.41) is 18.8. The molecular formula is C21H26O4. The van der Waals surface area contributed by atoms with Gasteiger partial charge in [0.05, 0.1) is 0 Å². The second-order valence-corrected chi connectivity index (χ2v) is 6.85. The molecule has 0 saturated heterocycles. The summed E-state index contributed by atoms with van der Waals surface area (Å²) in [4.78, 5) is 10.7. The Hall–Kier alpha value is -2.49. The molecule has 0 aromatic heterocycles. The van der Waals surface area contributed by atoms with Gasteiger partial charge in [0, 0.05) is 5.92 Å². The maximum Gasteiger partial charge on any atom is 0.341 e. The second kappa shape index (κ2) is 7.60. The van der Waals surface area contributed by atoms with Crippen molar-refractivity contribution in [2.75, 3.05) is 6.61 Å². The van der Waals surface area contributed by atoms with Crippen LogP contribution >= 0.6 is 0 Å². The highest BCUT2D eigenvalue weighted by molar-refractivity contribution is 5.68. The van der Waals surface area contributed by atoms with Crippen LogP contribution in [0.25, 0.3) is 0 Å². The molecule has 1 atom stereocenters. The molecule has 0 heterocycles. The highest BCUT2D eigenvalue weighted by atomic mass is 16.5. The molecule has 2 aromatic carbocycles. The molecule has 0 saturated carbocycles. The van der Waals surface area contributed by atoms with Gasteiger partial charge < -0.3 is 14.9 Å². The molecule has 134 valence electrons. The minimum atomic E-state index is -0.988. The van der Waals surface area contributed by atoms with Crippen molar-refractivity contribution in [3.05, 3.63) is 58.1 Å². The van der Waals surface area contributed by atoms with E-state index in [1.807, 2.05) is 32.0 Å². The molecule has 2 rings (SSSR count). The van der Waals surface area contributed by atoms with Gasteiger partial charge in [-0.2, -0.15) is 0 Å². The zero-order valence-electron chi connectivity index (χ0n) is 15.5. The van der Waals surface area contributed by atoms with Crippen LogP contribution in [0.3, 0.4) is 0 Å². The molecule has 0 fully saturated rings. The monoisotopic (exact) mass is 342 g/mol. The molecule has 0 radical (unpaired) electrons. The molecule has 0 aliphatic heterocycles. The third kappa shape index (κ3) is 4.32. The fraction of sp³-hybridized carbons (Fsp3) is 0.381.